The topological polar surface area (TPSA) is 76.5 Å². The Labute approximate surface area is 217 Å². The number of nitrogens with zero attached hydrogens (tertiary/aromatic N) is 3. The predicted molar refractivity (Wildman–Crippen MR) is 146 cm³/mol. The van der Waals surface area contributed by atoms with Gasteiger partial charge in [-0.3, -0.25) is 14.2 Å². The smallest absolute Gasteiger partial charge is 0.297 e. The Hall–Kier alpha value is -3.66. The van der Waals surface area contributed by atoms with Crippen LogP contribution >= 0.6 is 22.6 Å². The lowest BCUT2D eigenvalue weighted by Gasteiger charge is -2.31. The van der Waals surface area contributed by atoms with Crippen LogP contribution in [0.3, 0.4) is 0 Å². The molecule has 0 aliphatic rings. The van der Waals surface area contributed by atoms with Gasteiger partial charge in [-0.25, -0.2) is 4.98 Å². The van der Waals surface area contributed by atoms with E-state index in [-0.39, 0.29) is 17.5 Å². The first-order valence-electron chi connectivity index (χ1n) is 11.0. The molecule has 0 aliphatic carbocycles. The second-order valence-corrected chi connectivity index (χ2v) is 9.09. The first kappa shape index (κ1) is 24.5. The Balaban J connectivity index is 1.83. The number of aromatic nitrogens is 2. The van der Waals surface area contributed by atoms with Crippen LogP contribution in [0.25, 0.3) is 0 Å². The van der Waals surface area contributed by atoms with Gasteiger partial charge < -0.3 is 15.0 Å². The fraction of sp³-hybridized carbons (Fsp3) is 0.148. The lowest BCUT2D eigenvalue weighted by Crippen LogP contribution is -2.35. The first-order valence-corrected chi connectivity index (χ1v) is 12.0. The molecule has 4 rings (SSSR count). The van der Waals surface area contributed by atoms with Crippen molar-refractivity contribution in [1.82, 2.24) is 9.55 Å². The SMILES string of the molecule is COc1c(C(=O)Nc2ccccc2I)nc(N(C)C(c2ccccc2)c2ccccc2)n(C)c1=O. The van der Waals surface area contributed by atoms with Crippen molar-refractivity contribution in [1.29, 1.82) is 0 Å². The Morgan fingerprint density at radius 1 is 0.971 bits per heavy atom. The summed E-state index contributed by atoms with van der Waals surface area (Å²) >= 11 is 2.14. The maximum absolute atomic E-state index is 13.3. The second kappa shape index (κ2) is 10.7. The van der Waals surface area contributed by atoms with Gasteiger partial charge in [0.15, 0.2) is 5.69 Å². The summed E-state index contributed by atoms with van der Waals surface area (Å²) in [6.07, 6.45) is 0. The van der Waals surface area contributed by atoms with Crippen molar-refractivity contribution in [3.8, 4) is 5.75 Å². The summed E-state index contributed by atoms with van der Waals surface area (Å²) < 4.78 is 7.60. The molecule has 178 valence electrons. The monoisotopic (exact) mass is 580 g/mol. The van der Waals surface area contributed by atoms with Gasteiger partial charge in [-0.15, -0.1) is 0 Å². The summed E-state index contributed by atoms with van der Waals surface area (Å²) in [5.41, 5.74) is 2.16. The van der Waals surface area contributed by atoms with Crippen LogP contribution in [-0.2, 0) is 7.05 Å². The van der Waals surface area contributed by atoms with Crippen molar-refractivity contribution in [3.63, 3.8) is 0 Å². The lowest BCUT2D eigenvalue weighted by molar-refractivity contribution is 0.101. The summed E-state index contributed by atoms with van der Waals surface area (Å²) in [4.78, 5) is 33.1. The summed E-state index contributed by atoms with van der Waals surface area (Å²) in [7, 11) is 4.85. The van der Waals surface area contributed by atoms with E-state index in [1.165, 1.54) is 11.7 Å². The fourth-order valence-electron chi connectivity index (χ4n) is 3.99. The normalized spacial score (nSPS) is 10.8. The molecular weight excluding hydrogens is 555 g/mol. The standard InChI is InChI=1S/C27H25IN4O3/c1-31(23(18-12-6-4-7-13-18)19-14-8-5-9-15-19)27-30-22(24(35-3)26(34)32(27)2)25(33)29-21-17-11-10-16-20(21)28/h4-17,23H,1-3H3,(H,29,33). The van der Waals surface area contributed by atoms with Gasteiger partial charge in [0.1, 0.15) is 0 Å². The number of carbonyl (C=O) groups excluding carboxylic acids is 1. The Kier molecular flexibility index (Phi) is 7.50. The molecule has 0 bridgehead atoms. The third kappa shape index (κ3) is 5.07. The molecule has 7 nitrogen and oxygen atoms in total. The number of para-hydroxylation sites is 1. The van der Waals surface area contributed by atoms with E-state index in [1.807, 2.05) is 90.8 Å². The van der Waals surface area contributed by atoms with Crippen LogP contribution in [0.15, 0.2) is 89.7 Å². The van der Waals surface area contributed by atoms with E-state index >= 15 is 0 Å². The van der Waals surface area contributed by atoms with E-state index in [0.717, 1.165) is 14.7 Å². The van der Waals surface area contributed by atoms with Crippen LogP contribution in [0.4, 0.5) is 11.6 Å². The zero-order valence-corrected chi connectivity index (χ0v) is 21.8. The third-order valence-corrected chi connectivity index (χ3v) is 6.64. The minimum atomic E-state index is -0.519. The molecule has 0 saturated heterocycles. The number of benzene rings is 3. The summed E-state index contributed by atoms with van der Waals surface area (Å²) in [6, 6.07) is 27.1. The molecule has 0 unspecified atom stereocenters. The van der Waals surface area contributed by atoms with Crippen molar-refractivity contribution >= 4 is 40.1 Å². The minimum absolute atomic E-state index is 0.0722. The van der Waals surface area contributed by atoms with Crippen LogP contribution < -0.4 is 20.5 Å². The number of hydrogen-bond donors (Lipinski definition) is 1. The number of carbonyl (C=O) groups is 1. The molecule has 4 aromatic rings. The minimum Gasteiger partial charge on any atom is -0.489 e. The molecule has 3 aromatic carbocycles. The number of rotatable bonds is 7. The van der Waals surface area contributed by atoms with E-state index in [0.29, 0.717) is 11.6 Å². The quantitative estimate of drug-likeness (QED) is 0.316. The highest BCUT2D eigenvalue weighted by Crippen LogP contribution is 2.31. The molecule has 0 radical (unpaired) electrons. The third-order valence-electron chi connectivity index (χ3n) is 5.70. The van der Waals surface area contributed by atoms with Gasteiger partial charge in [-0.05, 0) is 45.9 Å². The van der Waals surface area contributed by atoms with Crippen LogP contribution in [0.5, 0.6) is 5.75 Å². The Morgan fingerprint density at radius 2 is 1.51 bits per heavy atom. The van der Waals surface area contributed by atoms with Crippen molar-refractivity contribution in [2.75, 3.05) is 24.4 Å². The van der Waals surface area contributed by atoms with Crippen LogP contribution in [0, 0.1) is 3.57 Å². The molecule has 1 amide bonds. The van der Waals surface area contributed by atoms with Gasteiger partial charge in [0.25, 0.3) is 11.5 Å². The first-order chi connectivity index (χ1) is 16.9. The number of ether oxygens (including phenoxy) is 1. The van der Waals surface area contributed by atoms with E-state index in [9.17, 15) is 9.59 Å². The molecule has 0 aliphatic heterocycles. The van der Waals surface area contributed by atoms with E-state index in [4.69, 9.17) is 4.74 Å². The summed E-state index contributed by atoms with van der Waals surface area (Å²) in [5, 5.41) is 2.85. The van der Waals surface area contributed by atoms with Crippen molar-refractivity contribution in [3.05, 3.63) is 116 Å². The molecule has 1 heterocycles. The highest BCUT2D eigenvalue weighted by Gasteiger charge is 2.27. The molecule has 8 heteroatoms. The number of anilines is 2. The van der Waals surface area contributed by atoms with E-state index in [1.54, 1.807) is 13.1 Å². The highest BCUT2D eigenvalue weighted by molar-refractivity contribution is 14.1. The zero-order chi connectivity index (χ0) is 24.9. The molecule has 0 spiro atoms. The number of nitrogens with one attached hydrogen (secondary N) is 1. The molecule has 0 fully saturated rings. The predicted octanol–water partition coefficient (Wildman–Crippen LogP) is 4.87. The largest absolute Gasteiger partial charge is 0.489 e. The number of halogens is 1. The van der Waals surface area contributed by atoms with Crippen molar-refractivity contribution in [2.45, 2.75) is 6.04 Å². The van der Waals surface area contributed by atoms with Gasteiger partial charge >= 0.3 is 0 Å². The van der Waals surface area contributed by atoms with Gasteiger partial charge in [-0.1, -0.05) is 72.8 Å². The number of hydrogen-bond acceptors (Lipinski definition) is 5. The van der Waals surface area contributed by atoms with Crippen molar-refractivity contribution in [2.24, 2.45) is 7.05 Å². The average molecular weight is 580 g/mol. The summed E-state index contributed by atoms with van der Waals surface area (Å²) in [6.45, 7) is 0. The highest BCUT2D eigenvalue weighted by atomic mass is 127. The molecule has 1 aromatic heterocycles. The Bertz CT molecular complexity index is 1350. The van der Waals surface area contributed by atoms with E-state index in [2.05, 4.69) is 32.9 Å². The van der Waals surface area contributed by atoms with Crippen LogP contribution in [-0.4, -0.2) is 29.6 Å². The fourth-order valence-corrected chi connectivity index (χ4v) is 4.52. The lowest BCUT2D eigenvalue weighted by atomic mass is 9.97. The van der Waals surface area contributed by atoms with Gasteiger partial charge in [0, 0.05) is 17.7 Å². The van der Waals surface area contributed by atoms with Gasteiger partial charge in [0.2, 0.25) is 11.7 Å². The average Bonchev–Trinajstić information content (AvgIpc) is 2.88. The van der Waals surface area contributed by atoms with Crippen molar-refractivity contribution < 1.29 is 9.53 Å². The second-order valence-electron chi connectivity index (χ2n) is 7.93. The molecule has 35 heavy (non-hydrogen) atoms. The molecule has 0 atom stereocenters. The number of methoxy groups -OCH3 is 1. The van der Waals surface area contributed by atoms with Crippen LogP contribution in [0.1, 0.15) is 27.7 Å². The summed E-state index contributed by atoms with van der Waals surface area (Å²) in [5.74, 6) is -0.292. The van der Waals surface area contributed by atoms with Crippen LogP contribution in [0.2, 0.25) is 0 Å². The molecule has 0 saturated carbocycles. The molecular formula is C27H25IN4O3. The Morgan fingerprint density at radius 3 is 2.06 bits per heavy atom. The molecule has 1 N–H and O–H groups in total. The maximum atomic E-state index is 13.3. The zero-order valence-electron chi connectivity index (χ0n) is 19.6. The van der Waals surface area contributed by atoms with Gasteiger partial charge in [-0.2, -0.15) is 0 Å². The van der Waals surface area contributed by atoms with Gasteiger partial charge in [0.05, 0.1) is 18.8 Å². The number of amides is 1. The van der Waals surface area contributed by atoms with E-state index < -0.39 is 11.5 Å². The maximum Gasteiger partial charge on any atom is 0.297 e.